The number of nitrogens with two attached hydrogens (primary N) is 1. The molecule has 0 amide bonds. The zero-order valence-electron chi connectivity index (χ0n) is 10.4. The van der Waals surface area contributed by atoms with Crippen LogP contribution in [-0.2, 0) is 6.54 Å². The molecule has 3 heteroatoms. The summed E-state index contributed by atoms with van der Waals surface area (Å²) in [5, 5.41) is 0. The van der Waals surface area contributed by atoms with E-state index in [0.29, 0.717) is 6.54 Å². The largest absolute Gasteiger partial charge is 0.326 e. The summed E-state index contributed by atoms with van der Waals surface area (Å²) in [7, 11) is 2.08. The molecule has 1 aromatic carbocycles. The van der Waals surface area contributed by atoms with Crippen LogP contribution in [0, 0.1) is 5.92 Å². The molecule has 1 atom stereocenters. The van der Waals surface area contributed by atoms with Crippen LogP contribution in [0.4, 0.5) is 0 Å². The normalized spacial score (nSPS) is 21.4. The molecule has 17 heavy (non-hydrogen) atoms. The number of rotatable bonds is 3. The fraction of sp³-hybridized carbons (Fsp3) is 0.500. The third-order valence-corrected chi connectivity index (χ3v) is 3.47. The molecule has 0 spiro atoms. The maximum atomic E-state index is 12.3. The third-order valence-electron chi connectivity index (χ3n) is 3.47. The second-order valence-electron chi connectivity index (χ2n) is 4.87. The third kappa shape index (κ3) is 2.93. The molecule has 3 nitrogen and oxygen atoms in total. The number of ketones is 1. The summed E-state index contributed by atoms with van der Waals surface area (Å²) in [6.45, 7) is 2.52. The summed E-state index contributed by atoms with van der Waals surface area (Å²) in [6.07, 6.45) is 2.13. The Morgan fingerprint density at radius 3 is 2.71 bits per heavy atom. The van der Waals surface area contributed by atoms with Gasteiger partial charge in [0.1, 0.15) is 0 Å². The van der Waals surface area contributed by atoms with E-state index in [9.17, 15) is 4.79 Å². The number of benzene rings is 1. The number of hydrogen-bond donors (Lipinski definition) is 1. The van der Waals surface area contributed by atoms with E-state index in [1.165, 1.54) is 0 Å². The van der Waals surface area contributed by atoms with Crippen LogP contribution in [0.25, 0.3) is 0 Å². The first-order valence-electron chi connectivity index (χ1n) is 6.22. The molecule has 1 aliphatic heterocycles. The smallest absolute Gasteiger partial charge is 0.167 e. The lowest BCUT2D eigenvalue weighted by Crippen LogP contribution is -2.36. The van der Waals surface area contributed by atoms with Gasteiger partial charge in [0, 0.05) is 24.6 Å². The van der Waals surface area contributed by atoms with Gasteiger partial charge in [0.25, 0.3) is 0 Å². The van der Waals surface area contributed by atoms with Gasteiger partial charge in [-0.05, 0) is 32.0 Å². The number of piperidine rings is 1. The van der Waals surface area contributed by atoms with Crippen LogP contribution in [0.3, 0.4) is 0 Å². The number of carbonyl (C=O) groups is 1. The summed E-state index contributed by atoms with van der Waals surface area (Å²) in [6, 6.07) is 7.69. The van der Waals surface area contributed by atoms with E-state index in [4.69, 9.17) is 5.73 Å². The lowest BCUT2D eigenvalue weighted by molar-refractivity contribution is 0.0843. The van der Waals surface area contributed by atoms with E-state index in [0.717, 1.165) is 37.1 Å². The fourth-order valence-electron chi connectivity index (χ4n) is 2.42. The zero-order chi connectivity index (χ0) is 12.3. The van der Waals surface area contributed by atoms with Gasteiger partial charge in [0.05, 0.1) is 0 Å². The van der Waals surface area contributed by atoms with Crippen molar-refractivity contribution < 1.29 is 4.79 Å². The summed E-state index contributed by atoms with van der Waals surface area (Å²) < 4.78 is 0. The number of likely N-dealkylation sites (tertiary alicyclic amines) is 1. The van der Waals surface area contributed by atoms with Crippen molar-refractivity contribution in [1.29, 1.82) is 0 Å². The molecular formula is C14H20N2O. The van der Waals surface area contributed by atoms with Crippen LogP contribution in [0.1, 0.15) is 28.8 Å². The standard InChI is InChI=1S/C14H20N2O/c1-16-8-2-3-13(10-16)14(17)12-6-4-11(9-15)5-7-12/h4-7,13H,2-3,8-10,15H2,1H3. The van der Waals surface area contributed by atoms with Crippen molar-refractivity contribution in [3.05, 3.63) is 35.4 Å². The highest BCUT2D eigenvalue weighted by Gasteiger charge is 2.24. The molecule has 1 heterocycles. The monoisotopic (exact) mass is 232 g/mol. The van der Waals surface area contributed by atoms with E-state index in [1.54, 1.807) is 0 Å². The van der Waals surface area contributed by atoms with Gasteiger partial charge in [-0.2, -0.15) is 0 Å². The first kappa shape index (κ1) is 12.3. The minimum absolute atomic E-state index is 0.164. The van der Waals surface area contributed by atoms with Crippen LogP contribution in [0.5, 0.6) is 0 Å². The quantitative estimate of drug-likeness (QED) is 0.806. The van der Waals surface area contributed by atoms with Crippen molar-refractivity contribution in [1.82, 2.24) is 4.90 Å². The maximum Gasteiger partial charge on any atom is 0.167 e. The number of carbonyl (C=O) groups excluding carboxylic acids is 1. The lowest BCUT2D eigenvalue weighted by Gasteiger charge is -2.28. The minimum Gasteiger partial charge on any atom is -0.326 e. The first-order chi connectivity index (χ1) is 8.20. The number of Topliss-reactive ketones (excluding diaryl/α,β-unsaturated/α-hetero) is 1. The van der Waals surface area contributed by atoms with E-state index < -0.39 is 0 Å². The van der Waals surface area contributed by atoms with Gasteiger partial charge in [-0.15, -0.1) is 0 Å². The van der Waals surface area contributed by atoms with Crippen molar-refractivity contribution >= 4 is 5.78 Å². The topological polar surface area (TPSA) is 46.3 Å². The van der Waals surface area contributed by atoms with Crippen LogP contribution >= 0.6 is 0 Å². The van der Waals surface area contributed by atoms with E-state index in [2.05, 4.69) is 11.9 Å². The fourth-order valence-corrected chi connectivity index (χ4v) is 2.42. The van der Waals surface area contributed by atoms with Gasteiger partial charge in [-0.25, -0.2) is 0 Å². The van der Waals surface area contributed by atoms with E-state index >= 15 is 0 Å². The maximum absolute atomic E-state index is 12.3. The highest BCUT2D eigenvalue weighted by molar-refractivity contribution is 5.98. The van der Waals surface area contributed by atoms with Crippen LogP contribution < -0.4 is 5.73 Å². The number of nitrogens with zero attached hydrogens (tertiary/aromatic N) is 1. The predicted octanol–water partition coefficient (Wildman–Crippen LogP) is 1.67. The van der Waals surface area contributed by atoms with E-state index in [1.807, 2.05) is 24.3 Å². The Labute approximate surface area is 103 Å². The average molecular weight is 232 g/mol. The zero-order valence-corrected chi connectivity index (χ0v) is 10.4. The molecule has 0 radical (unpaired) electrons. The molecule has 1 unspecified atom stereocenters. The van der Waals surface area contributed by atoms with Crippen molar-refractivity contribution in [2.24, 2.45) is 11.7 Å². The Bertz CT molecular complexity index is 386. The van der Waals surface area contributed by atoms with Crippen molar-refractivity contribution in [3.63, 3.8) is 0 Å². The van der Waals surface area contributed by atoms with Crippen molar-refractivity contribution in [3.8, 4) is 0 Å². The van der Waals surface area contributed by atoms with Gasteiger partial charge >= 0.3 is 0 Å². The molecule has 2 N–H and O–H groups in total. The highest BCUT2D eigenvalue weighted by atomic mass is 16.1. The van der Waals surface area contributed by atoms with Crippen LogP contribution in [-0.4, -0.2) is 30.8 Å². The molecule has 0 aliphatic carbocycles. The predicted molar refractivity (Wildman–Crippen MR) is 68.9 cm³/mol. The van der Waals surface area contributed by atoms with Crippen molar-refractivity contribution in [2.45, 2.75) is 19.4 Å². The molecule has 1 aromatic rings. The summed E-state index contributed by atoms with van der Waals surface area (Å²) >= 11 is 0. The Morgan fingerprint density at radius 1 is 1.41 bits per heavy atom. The SMILES string of the molecule is CN1CCCC(C(=O)c2ccc(CN)cc2)C1. The second kappa shape index (κ2) is 5.43. The van der Waals surface area contributed by atoms with Crippen molar-refractivity contribution in [2.75, 3.05) is 20.1 Å². The Morgan fingerprint density at radius 2 is 2.12 bits per heavy atom. The Hall–Kier alpha value is -1.19. The minimum atomic E-state index is 0.164. The molecule has 1 fully saturated rings. The summed E-state index contributed by atoms with van der Waals surface area (Å²) in [5.41, 5.74) is 7.44. The molecule has 0 bridgehead atoms. The molecule has 1 aliphatic rings. The first-order valence-corrected chi connectivity index (χ1v) is 6.22. The molecule has 0 aromatic heterocycles. The van der Waals surface area contributed by atoms with Gasteiger partial charge in [-0.3, -0.25) is 4.79 Å². The second-order valence-corrected chi connectivity index (χ2v) is 4.87. The van der Waals surface area contributed by atoms with Crippen LogP contribution in [0.2, 0.25) is 0 Å². The van der Waals surface area contributed by atoms with E-state index in [-0.39, 0.29) is 11.7 Å². The van der Waals surface area contributed by atoms with Crippen LogP contribution in [0.15, 0.2) is 24.3 Å². The average Bonchev–Trinajstić information content (AvgIpc) is 2.38. The molecule has 1 saturated heterocycles. The lowest BCUT2D eigenvalue weighted by atomic mass is 9.90. The number of hydrogen-bond acceptors (Lipinski definition) is 3. The molecular weight excluding hydrogens is 212 g/mol. The Kier molecular flexibility index (Phi) is 3.92. The highest BCUT2D eigenvalue weighted by Crippen LogP contribution is 2.20. The van der Waals surface area contributed by atoms with Gasteiger partial charge in [-0.1, -0.05) is 24.3 Å². The molecule has 92 valence electrons. The molecule has 2 rings (SSSR count). The van der Waals surface area contributed by atoms with Gasteiger partial charge < -0.3 is 10.6 Å². The molecule has 0 saturated carbocycles. The van der Waals surface area contributed by atoms with Gasteiger partial charge in [0.15, 0.2) is 5.78 Å². The van der Waals surface area contributed by atoms with Gasteiger partial charge in [0.2, 0.25) is 0 Å². The summed E-state index contributed by atoms with van der Waals surface area (Å²) in [4.78, 5) is 14.5. The summed E-state index contributed by atoms with van der Waals surface area (Å²) in [5.74, 6) is 0.442. The Balaban J connectivity index is 2.07.